The summed E-state index contributed by atoms with van der Waals surface area (Å²) in [4.78, 5) is 16.8. The molecule has 18 heavy (non-hydrogen) atoms. The van der Waals surface area contributed by atoms with Gasteiger partial charge in [-0.2, -0.15) is 0 Å². The lowest BCUT2D eigenvalue weighted by molar-refractivity contribution is 0.454. The van der Waals surface area contributed by atoms with Gasteiger partial charge >= 0.3 is 0 Å². The maximum absolute atomic E-state index is 12.1. The molecule has 3 heterocycles. The Morgan fingerprint density at radius 1 is 1.50 bits per heavy atom. The molecule has 0 aromatic carbocycles. The van der Waals surface area contributed by atoms with Crippen LogP contribution in [0.5, 0.6) is 0 Å². The van der Waals surface area contributed by atoms with Gasteiger partial charge in [0.05, 0.1) is 5.69 Å². The van der Waals surface area contributed by atoms with E-state index in [9.17, 15) is 4.79 Å². The van der Waals surface area contributed by atoms with Crippen LogP contribution in [0, 0.1) is 6.92 Å². The minimum atomic E-state index is 0.0178. The molecule has 1 saturated heterocycles. The molecule has 1 N–H and O–H groups in total. The Morgan fingerprint density at radius 3 is 3.17 bits per heavy atom. The van der Waals surface area contributed by atoms with Gasteiger partial charge in [0, 0.05) is 24.7 Å². The SMILES string of the molecule is Cc1cccn2c(=O)cc(C3CCCNC3)nc12. The summed E-state index contributed by atoms with van der Waals surface area (Å²) in [7, 11) is 0. The number of fused-ring (bicyclic) bond motifs is 1. The van der Waals surface area contributed by atoms with Crippen molar-refractivity contribution in [3.63, 3.8) is 0 Å². The first-order valence-electron chi connectivity index (χ1n) is 6.45. The number of aromatic nitrogens is 2. The maximum Gasteiger partial charge on any atom is 0.258 e. The van der Waals surface area contributed by atoms with Gasteiger partial charge < -0.3 is 5.32 Å². The highest BCUT2D eigenvalue weighted by atomic mass is 16.1. The van der Waals surface area contributed by atoms with Crippen LogP contribution < -0.4 is 10.9 Å². The second-order valence-corrected chi connectivity index (χ2v) is 4.95. The molecule has 1 atom stereocenters. The normalized spacial score (nSPS) is 20.2. The molecule has 0 amide bonds. The topological polar surface area (TPSA) is 46.4 Å². The Balaban J connectivity index is 2.14. The fraction of sp³-hybridized carbons (Fsp3) is 0.429. The highest BCUT2D eigenvalue weighted by molar-refractivity contribution is 5.47. The van der Waals surface area contributed by atoms with Gasteiger partial charge in [0.1, 0.15) is 5.65 Å². The lowest BCUT2D eigenvalue weighted by Gasteiger charge is -2.22. The third kappa shape index (κ3) is 1.93. The first kappa shape index (κ1) is 11.4. The predicted molar refractivity (Wildman–Crippen MR) is 71.0 cm³/mol. The highest BCUT2D eigenvalue weighted by Crippen LogP contribution is 2.21. The number of rotatable bonds is 1. The van der Waals surface area contributed by atoms with E-state index in [2.05, 4.69) is 10.3 Å². The first-order chi connectivity index (χ1) is 8.75. The molecule has 94 valence electrons. The molecule has 1 aliphatic heterocycles. The second kappa shape index (κ2) is 4.53. The van der Waals surface area contributed by atoms with Crippen molar-refractivity contribution in [3.05, 3.63) is 46.0 Å². The quantitative estimate of drug-likeness (QED) is 0.825. The minimum absolute atomic E-state index is 0.0178. The van der Waals surface area contributed by atoms with E-state index >= 15 is 0 Å². The molecule has 1 unspecified atom stereocenters. The fourth-order valence-corrected chi connectivity index (χ4v) is 2.59. The van der Waals surface area contributed by atoms with Crippen molar-refractivity contribution in [2.75, 3.05) is 13.1 Å². The van der Waals surface area contributed by atoms with Gasteiger partial charge in [0.25, 0.3) is 5.56 Å². The first-order valence-corrected chi connectivity index (χ1v) is 6.45. The Hall–Kier alpha value is -1.68. The van der Waals surface area contributed by atoms with Crippen molar-refractivity contribution in [3.8, 4) is 0 Å². The number of nitrogens with one attached hydrogen (secondary N) is 1. The number of piperidine rings is 1. The van der Waals surface area contributed by atoms with Gasteiger partial charge in [0.15, 0.2) is 0 Å². The van der Waals surface area contributed by atoms with Crippen LogP contribution in [0.25, 0.3) is 5.65 Å². The van der Waals surface area contributed by atoms with E-state index in [1.165, 1.54) is 0 Å². The zero-order valence-electron chi connectivity index (χ0n) is 10.5. The summed E-state index contributed by atoms with van der Waals surface area (Å²) in [5.41, 5.74) is 2.77. The summed E-state index contributed by atoms with van der Waals surface area (Å²) in [6.07, 6.45) is 4.04. The molecule has 2 aromatic rings. The fourth-order valence-electron chi connectivity index (χ4n) is 2.59. The standard InChI is InChI=1S/C14H17N3O/c1-10-4-3-7-17-13(18)8-12(16-14(10)17)11-5-2-6-15-9-11/h3-4,7-8,11,15H,2,5-6,9H2,1H3. The molecule has 3 rings (SSSR count). The van der Waals surface area contributed by atoms with Gasteiger partial charge in [0.2, 0.25) is 0 Å². The third-order valence-corrected chi connectivity index (χ3v) is 3.62. The van der Waals surface area contributed by atoms with E-state index in [1.807, 2.05) is 19.1 Å². The summed E-state index contributed by atoms with van der Waals surface area (Å²) >= 11 is 0. The average molecular weight is 243 g/mol. The van der Waals surface area contributed by atoms with Crippen molar-refractivity contribution in [1.82, 2.24) is 14.7 Å². The van der Waals surface area contributed by atoms with Crippen molar-refractivity contribution in [2.24, 2.45) is 0 Å². The van der Waals surface area contributed by atoms with Gasteiger partial charge in [-0.25, -0.2) is 4.98 Å². The van der Waals surface area contributed by atoms with Crippen LogP contribution in [0.2, 0.25) is 0 Å². The second-order valence-electron chi connectivity index (χ2n) is 4.95. The van der Waals surface area contributed by atoms with E-state index in [1.54, 1.807) is 16.7 Å². The lowest BCUT2D eigenvalue weighted by atomic mass is 9.96. The Labute approximate surface area is 106 Å². The van der Waals surface area contributed by atoms with Crippen LogP contribution in [0.3, 0.4) is 0 Å². The number of hydrogen-bond acceptors (Lipinski definition) is 3. The molecule has 0 spiro atoms. The van der Waals surface area contributed by atoms with Crippen LogP contribution in [0.4, 0.5) is 0 Å². The number of aryl methyl sites for hydroxylation is 1. The molecule has 1 fully saturated rings. The molecule has 1 aliphatic rings. The van der Waals surface area contributed by atoms with Crippen LogP contribution in [-0.2, 0) is 0 Å². The predicted octanol–water partition coefficient (Wildman–Crippen LogP) is 1.47. The van der Waals surface area contributed by atoms with Gasteiger partial charge in [-0.3, -0.25) is 9.20 Å². The molecule has 4 heteroatoms. The number of hydrogen-bond donors (Lipinski definition) is 1. The van der Waals surface area contributed by atoms with E-state index in [0.29, 0.717) is 5.92 Å². The number of nitrogens with zero attached hydrogens (tertiary/aromatic N) is 2. The van der Waals surface area contributed by atoms with Crippen molar-refractivity contribution in [1.29, 1.82) is 0 Å². The van der Waals surface area contributed by atoms with Crippen LogP contribution in [-0.4, -0.2) is 22.5 Å². The van der Waals surface area contributed by atoms with Gasteiger partial charge in [-0.1, -0.05) is 6.07 Å². The van der Waals surface area contributed by atoms with E-state index < -0.39 is 0 Å². The van der Waals surface area contributed by atoms with E-state index in [-0.39, 0.29) is 5.56 Å². The highest BCUT2D eigenvalue weighted by Gasteiger charge is 2.18. The van der Waals surface area contributed by atoms with Gasteiger partial charge in [-0.05, 0) is 37.9 Å². The molecular weight excluding hydrogens is 226 g/mol. The Kier molecular flexibility index (Phi) is 2.88. The zero-order valence-corrected chi connectivity index (χ0v) is 10.5. The van der Waals surface area contributed by atoms with Gasteiger partial charge in [-0.15, -0.1) is 0 Å². The summed E-state index contributed by atoms with van der Waals surface area (Å²) in [5, 5.41) is 3.37. The smallest absolute Gasteiger partial charge is 0.258 e. The Morgan fingerprint density at radius 2 is 2.39 bits per heavy atom. The summed E-state index contributed by atoms with van der Waals surface area (Å²) in [5.74, 6) is 0.371. The van der Waals surface area contributed by atoms with E-state index in [4.69, 9.17) is 0 Å². The largest absolute Gasteiger partial charge is 0.316 e. The Bertz CT molecular complexity index is 626. The summed E-state index contributed by atoms with van der Waals surface area (Å²) in [6, 6.07) is 5.56. The van der Waals surface area contributed by atoms with Crippen LogP contribution in [0.15, 0.2) is 29.2 Å². The molecule has 4 nitrogen and oxygen atoms in total. The maximum atomic E-state index is 12.1. The van der Waals surface area contributed by atoms with Crippen molar-refractivity contribution in [2.45, 2.75) is 25.7 Å². The zero-order chi connectivity index (χ0) is 12.5. The minimum Gasteiger partial charge on any atom is -0.316 e. The third-order valence-electron chi connectivity index (χ3n) is 3.62. The lowest BCUT2D eigenvalue weighted by Crippen LogP contribution is -2.30. The molecular formula is C14H17N3O. The van der Waals surface area contributed by atoms with Crippen molar-refractivity contribution >= 4 is 5.65 Å². The summed E-state index contributed by atoms with van der Waals surface area (Å²) < 4.78 is 1.62. The molecule has 0 bridgehead atoms. The molecule has 0 saturated carbocycles. The van der Waals surface area contributed by atoms with Crippen LogP contribution >= 0.6 is 0 Å². The van der Waals surface area contributed by atoms with Crippen LogP contribution in [0.1, 0.15) is 30.0 Å². The summed E-state index contributed by atoms with van der Waals surface area (Å²) in [6.45, 7) is 3.99. The molecule has 0 radical (unpaired) electrons. The molecule has 2 aromatic heterocycles. The van der Waals surface area contributed by atoms with E-state index in [0.717, 1.165) is 42.8 Å². The average Bonchev–Trinajstić information content (AvgIpc) is 2.41. The monoisotopic (exact) mass is 243 g/mol. The van der Waals surface area contributed by atoms with Crippen molar-refractivity contribution < 1.29 is 0 Å². The molecule has 0 aliphatic carbocycles. The number of pyridine rings is 1.